The Bertz CT molecular complexity index is 7980. The van der Waals surface area contributed by atoms with E-state index in [-0.39, 0.29) is 59.3 Å². The Balaban J connectivity index is 0.000000142. The minimum absolute atomic E-state index is 0. The van der Waals surface area contributed by atoms with E-state index in [0.717, 1.165) is 69.9 Å². The van der Waals surface area contributed by atoms with Gasteiger partial charge in [-0.05, 0) is 273 Å². The van der Waals surface area contributed by atoms with Gasteiger partial charge in [-0.1, -0.05) is 122 Å². The van der Waals surface area contributed by atoms with Crippen molar-refractivity contribution in [3.63, 3.8) is 0 Å². The third-order valence-corrected chi connectivity index (χ3v) is 25.9. The van der Waals surface area contributed by atoms with Gasteiger partial charge >= 0.3 is 18.5 Å². The molecule has 150 heavy (non-hydrogen) atoms. The van der Waals surface area contributed by atoms with Crippen LogP contribution in [0.5, 0.6) is 0 Å². The van der Waals surface area contributed by atoms with Crippen molar-refractivity contribution in [3.05, 3.63) is 401 Å². The number of para-hydroxylation sites is 1. The monoisotopic (exact) mass is 2030 g/mol. The van der Waals surface area contributed by atoms with Gasteiger partial charge in [0.25, 0.3) is 23.6 Å². The molecule has 25 nitrogen and oxygen atoms in total. The van der Waals surface area contributed by atoms with Gasteiger partial charge in [0.1, 0.15) is 23.8 Å². The van der Waals surface area contributed by atoms with Crippen LogP contribution in [0.4, 0.5) is 112 Å². The van der Waals surface area contributed by atoms with Crippen LogP contribution in [0, 0.1) is 33.5 Å². The number of aryl methyl sites for hydroxylation is 4. The Kier molecular flexibility index (Phi) is 28.7. The first-order valence-corrected chi connectivity index (χ1v) is 46.5. The van der Waals surface area contributed by atoms with E-state index in [9.17, 15) is 82.3 Å². The van der Waals surface area contributed by atoms with Crippen molar-refractivity contribution in [1.29, 1.82) is 0 Å². The Morgan fingerprint density at radius 3 is 0.980 bits per heavy atom. The number of fused-ring (bicyclic) bond motifs is 4. The van der Waals surface area contributed by atoms with E-state index in [1.165, 1.54) is 48.6 Å². The van der Waals surface area contributed by atoms with Gasteiger partial charge in [0.05, 0.1) is 96.1 Å². The highest BCUT2D eigenvalue weighted by molar-refractivity contribution is 6.19. The first-order valence-electron chi connectivity index (χ1n) is 46.5. The average Bonchev–Trinajstić information content (AvgIpc) is 1.58. The van der Waals surface area contributed by atoms with Crippen molar-refractivity contribution in [1.82, 2.24) is 44.9 Å². The van der Waals surface area contributed by atoms with E-state index < -0.39 is 97.5 Å². The fourth-order valence-corrected chi connectivity index (χ4v) is 18.5. The summed E-state index contributed by atoms with van der Waals surface area (Å²) in [6.45, 7) is 21.5. The van der Waals surface area contributed by atoms with Gasteiger partial charge in [0.15, 0.2) is 17.1 Å². The Labute approximate surface area is 855 Å². The number of amides is 8. The van der Waals surface area contributed by atoms with Crippen LogP contribution in [0.3, 0.4) is 0 Å². The van der Waals surface area contributed by atoms with E-state index >= 15 is 0 Å². The number of alkyl halides is 9. The number of halogens is 10. The van der Waals surface area contributed by atoms with Gasteiger partial charge in [-0.2, -0.15) is 39.5 Å². The van der Waals surface area contributed by atoms with Crippen molar-refractivity contribution >= 4 is 116 Å². The summed E-state index contributed by atoms with van der Waals surface area (Å²) < 4.78 is 139. The molecule has 0 saturated carbocycles. The fourth-order valence-electron chi connectivity index (χ4n) is 18.5. The summed E-state index contributed by atoms with van der Waals surface area (Å²) in [7, 11) is 0. The Morgan fingerprint density at radius 1 is 0.300 bits per heavy atom. The SMILES string of the molecule is C.CC1(C)C(=O)N(c2cccnc2)c2cccc(-c3cnc(C(F)(F)F)c(C(=O)Nc4ccccc4)c3)c21.Cc1ccc(NC(=O)c2cc(-c3cccc4c3C(C)(C)C(=O)N4c3ccccn3)cnc2C)cc1.Cc1ccc(NC(=O)c2cc(-c3cccc4c3C(C)(C)C(=O)N4c3cccnc3)cnc2C(F)(F)F)cc1.Cc1ccc(NC(=O)c2cc(-c3cccc4c3C(C)(C)C(=O)N4c3ccncn3)cnc2C(F)(F)F)cc1F. The number of pyridine rings is 7. The molecule has 8 amide bonds. The van der Waals surface area contributed by atoms with Gasteiger partial charge in [0, 0.05) is 94.6 Å². The number of benzene rings is 8. The third kappa shape index (κ3) is 20.5. The first-order chi connectivity index (χ1) is 70.7. The summed E-state index contributed by atoms with van der Waals surface area (Å²) in [5.41, 5.74) is 5.35. The molecule has 12 heterocycles. The molecule has 0 bridgehead atoms. The van der Waals surface area contributed by atoms with E-state index in [4.69, 9.17) is 0 Å². The van der Waals surface area contributed by atoms with E-state index in [0.29, 0.717) is 102 Å². The van der Waals surface area contributed by atoms with Crippen molar-refractivity contribution in [3.8, 4) is 44.5 Å². The lowest BCUT2D eigenvalue weighted by molar-refractivity contribution is -0.142. The van der Waals surface area contributed by atoms with Crippen molar-refractivity contribution < 1.29 is 82.3 Å². The van der Waals surface area contributed by atoms with Gasteiger partial charge in [-0.15, -0.1) is 0 Å². The molecule has 0 atom stereocenters. The van der Waals surface area contributed by atoms with Crippen LogP contribution < -0.4 is 40.9 Å². The Morgan fingerprint density at radius 2 is 0.633 bits per heavy atom. The van der Waals surface area contributed by atoms with E-state index in [2.05, 4.69) is 66.1 Å². The molecule has 0 saturated heterocycles. The van der Waals surface area contributed by atoms with E-state index in [1.54, 1.807) is 233 Å². The number of nitrogens with zero attached hydrogens (tertiary/aromatic N) is 13. The number of anilines is 12. The molecule has 0 aliphatic carbocycles. The highest BCUT2D eigenvalue weighted by Gasteiger charge is 2.52. The minimum Gasteiger partial charge on any atom is -0.322 e. The normalized spacial score (nSPS) is 14.2. The summed E-state index contributed by atoms with van der Waals surface area (Å²) in [5, 5.41) is 10.3. The number of carbonyl (C=O) groups is 8. The summed E-state index contributed by atoms with van der Waals surface area (Å²) in [6.07, 6.45) is 1.18. The zero-order valence-electron chi connectivity index (χ0n) is 81.8. The van der Waals surface area contributed by atoms with Crippen molar-refractivity contribution in [2.24, 2.45) is 0 Å². The molecule has 0 unspecified atom stereocenters. The molecule has 16 aromatic rings. The Hall–Kier alpha value is -18.1. The van der Waals surface area contributed by atoms with Crippen LogP contribution in [0.15, 0.2) is 311 Å². The molecule has 8 aromatic carbocycles. The number of hydrogen-bond acceptors (Lipinski definition) is 17. The molecule has 0 fully saturated rings. The predicted octanol–water partition coefficient (Wildman–Crippen LogP) is 25.9. The molecule has 20 rings (SSSR count). The largest absolute Gasteiger partial charge is 0.434 e. The molecule has 758 valence electrons. The number of rotatable bonds is 16. The molecule has 0 radical (unpaired) electrons. The second-order valence-corrected chi connectivity index (χ2v) is 37.6. The lowest BCUT2D eigenvalue weighted by Crippen LogP contribution is -2.33. The number of aromatic nitrogens is 9. The molecule has 4 aliphatic heterocycles. The molecular formula is C115H95F10N17O8. The predicted molar refractivity (Wildman–Crippen MR) is 552 cm³/mol. The zero-order chi connectivity index (χ0) is 106. The first kappa shape index (κ1) is 105. The molecule has 0 spiro atoms. The molecular weight excluding hydrogens is 1940 g/mol. The highest BCUT2D eigenvalue weighted by Crippen LogP contribution is 2.55. The lowest BCUT2D eigenvalue weighted by Gasteiger charge is -2.21. The van der Waals surface area contributed by atoms with Gasteiger partial charge in [-0.25, -0.2) is 19.3 Å². The van der Waals surface area contributed by atoms with Crippen LogP contribution in [-0.4, -0.2) is 92.1 Å². The van der Waals surface area contributed by atoms with Gasteiger partial charge in [0.2, 0.25) is 23.6 Å². The highest BCUT2D eigenvalue weighted by atomic mass is 19.4. The van der Waals surface area contributed by atoms with Gasteiger partial charge < -0.3 is 21.3 Å². The second-order valence-electron chi connectivity index (χ2n) is 37.6. The average molecular weight is 2030 g/mol. The molecule has 4 N–H and O–H groups in total. The van der Waals surface area contributed by atoms with Crippen molar-refractivity contribution in [2.45, 2.75) is 131 Å². The van der Waals surface area contributed by atoms with Gasteiger partial charge in [-0.3, -0.25) is 87.9 Å². The maximum absolute atomic E-state index is 14.0. The molecule has 8 aromatic heterocycles. The van der Waals surface area contributed by atoms with Crippen LogP contribution in [0.2, 0.25) is 0 Å². The van der Waals surface area contributed by atoms with Crippen molar-refractivity contribution in [2.75, 3.05) is 40.9 Å². The standard InChI is InChI=1S/C29H23F3N4O2.C29H26N4O2.C28H21F4N5O2.C28H21F3N4O2.CH4/c1-17-9-11-19(12-10-17)35-26(37)22-14-18(15-34-25(22)29(30,31)32)21-7-4-8-23-24(21)28(2,3)27(38)36(23)20-6-5-13-33-16-20;1-18-11-13-21(14-12-18)32-27(34)23-16-20(17-31-19(23)2)22-8-7-9-24-26(22)29(3,4)28(35)33(24)25-10-5-6-15-30-25;1-15-7-8-17(12-20(15)29)36-25(38)19-11-16(13-34-24(19)28(30,31)32)18-5-4-6-21-23(18)27(2,3)26(39)37(21)22-9-10-33-14-35-22;1-27(2)23-20(11-6-12-22(23)35(26(27)37)19-10-7-13-32-16-19)17-14-21(24(33-15-17)28(29,30)31)25(36)34-18-8-4-3-5-9-18;/h4-16H,1-3H3,(H,35,37);5-17H,1-4H3,(H,32,34);4-14H,1-3H3,(H,36,38);3-16H,1-2H3,(H,34,36);1H4. The summed E-state index contributed by atoms with van der Waals surface area (Å²) in [6, 6.07) is 67.0. The maximum atomic E-state index is 14.0. The number of carbonyl (C=O) groups excluding carboxylic acids is 8. The smallest absolute Gasteiger partial charge is 0.322 e. The summed E-state index contributed by atoms with van der Waals surface area (Å²) in [5.74, 6) is -3.63. The quantitative estimate of drug-likeness (QED) is 0.0653. The maximum Gasteiger partial charge on any atom is 0.434 e. The zero-order valence-corrected chi connectivity index (χ0v) is 81.8. The summed E-state index contributed by atoms with van der Waals surface area (Å²) in [4.78, 5) is 149. The molecule has 35 heteroatoms. The lowest BCUT2D eigenvalue weighted by atomic mass is 9.81. The van der Waals surface area contributed by atoms with E-state index in [1.807, 2.05) is 101 Å². The number of nitrogens with one attached hydrogen (secondary N) is 4. The third-order valence-electron chi connectivity index (χ3n) is 25.9. The van der Waals surface area contributed by atoms with Crippen LogP contribution in [0.25, 0.3) is 44.5 Å². The van der Waals surface area contributed by atoms with Crippen LogP contribution in [-0.2, 0) is 59.4 Å². The molecule has 4 aliphatic rings. The number of hydrogen-bond donors (Lipinski definition) is 4. The van der Waals surface area contributed by atoms with Crippen LogP contribution >= 0.6 is 0 Å². The topological polar surface area (TPSA) is 314 Å². The van der Waals surface area contributed by atoms with Crippen LogP contribution in [0.1, 0.15) is 166 Å². The summed E-state index contributed by atoms with van der Waals surface area (Å²) >= 11 is 0. The second kappa shape index (κ2) is 41.1. The fraction of sp³-hybridized carbons (Fsp3) is 0.174. The minimum atomic E-state index is -4.93.